The lowest BCUT2D eigenvalue weighted by Crippen LogP contribution is -2.62. The molecule has 0 radical (unpaired) electrons. The first kappa shape index (κ1) is 11.7. The Morgan fingerprint density at radius 3 is 2.12 bits per heavy atom. The van der Waals surface area contributed by atoms with E-state index in [2.05, 4.69) is 10.9 Å². The van der Waals surface area contributed by atoms with Crippen molar-refractivity contribution in [3.8, 4) is 5.75 Å². The predicted molar refractivity (Wildman–Crippen MR) is 62.9 cm³/mol. The van der Waals surface area contributed by atoms with Crippen LogP contribution in [0.2, 0.25) is 0 Å². The van der Waals surface area contributed by atoms with Crippen LogP contribution in [-0.4, -0.2) is 37.3 Å². The lowest BCUT2D eigenvalue weighted by Gasteiger charge is -2.38. The fourth-order valence-electron chi connectivity index (χ4n) is 1.70. The molecule has 2 N–H and O–H groups in total. The number of amides is 2. The van der Waals surface area contributed by atoms with Crippen LogP contribution in [0.25, 0.3) is 0 Å². The van der Waals surface area contributed by atoms with E-state index in [1.165, 1.54) is 10.0 Å². The van der Waals surface area contributed by atoms with E-state index < -0.39 is 0 Å². The van der Waals surface area contributed by atoms with Crippen molar-refractivity contribution in [3.05, 3.63) is 29.8 Å². The largest absolute Gasteiger partial charge is 0.497 e. The van der Waals surface area contributed by atoms with Gasteiger partial charge in [0.05, 0.1) is 7.11 Å². The molecule has 1 saturated heterocycles. The fraction of sp³-hybridized carbons (Fsp3) is 0.364. The highest BCUT2D eigenvalue weighted by Gasteiger charge is 2.26. The average Bonchev–Trinajstić information content (AvgIpc) is 2.35. The molecule has 1 aromatic carbocycles. The van der Waals surface area contributed by atoms with E-state index in [1.807, 2.05) is 24.3 Å². The number of ether oxygens (including phenoxy) is 1. The molecule has 17 heavy (non-hydrogen) atoms. The Labute approximate surface area is 100 Å². The standard InChI is InChI=1S/C11H16N4O2/c1-14-11(16)15(2)13-10(12-14)8-4-6-9(17-3)7-5-8/h4-7,10,12-13H,1-3H3. The van der Waals surface area contributed by atoms with Crippen LogP contribution in [0.3, 0.4) is 0 Å². The van der Waals surface area contributed by atoms with Crippen LogP contribution >= 0.6 is 0 Å². The van der Waals surface area contributed by atoms with Gasteiger partial charge in [-0.25, -0.2) is 15.6 Å². The van der Waals surface area contributed by atoms with Gasteiger partial charge >= 0.3 is 6.03 Å². The number of rotatable bonds is 2. The van der Waals surface area contributed by atoms with Crippen LogP contribution in [0.4, 0.5) is 4.79 Å². The summed E-state index contributed by atoms with van der Waals surface area (Å²) in [7, 11) is 5.01. The van der Waals surface area contributed by atoms with Gasteiger partial charge in [0.15, 0.2) is 0 Å². The molecule has 2 amide bonds. The molecular formula is C11H16N4O2. The summed E-state index contributed by atoms with van der Waals surface area (Å²) in [5.41, 5.74) is 7.11. The van der Waals surface area contributed by atoms with Crippen molar-refractivity contribution in [3.63, 3.8) is 0 Å². The lowest BCUT2D eigenvalue weighted by molar-refractivity contribution is 0.0580. The van der Waals surface area contributed by atoms with Gasteiger partial charge in [-0.3, -0.25) is 10.0 Å². The Hall–Kier alpha value is -1.79. The van der Waals surface area contributed by atoms with Crippen molar-refractivity contribution in [1.82, 2.24) is 20.9 Å². The number of urea groups is 1. The van der Waals surface area contributed by atoms with Crippen molar-refractivity contribution < 1.29 is 9.53 Å². The van der Waals surface area contributed by atoms with Gasteiger partial charge in [0.2, 0.25) is 0 Å². The van der Waals surface area contributed by atoms with E-state index in [-0.39, 0.29) is 12.2 Å². The normalized spacial score (nSPS) is 17.5. The first-order chi connectivity index (χ1) is 8.11. The summed E-state index contributed by atoms with van der Waals surface area (Å²) in [6, 6.07) is 7.53. The van der Waals surface area contributed by atoms with Crippen molar-refractivity contribution in [2.75, 3.05) is 21.2 Å². The lowest BCUT2D eigenvalue weighted by atomic mass is 10.1. The van der Waals surface area contributed by atoms with Crippen LogP contribution in [0.15, 0.2) is 24.3 Å². The third-order valence-corrected chi connectivity index (χ3v) is 2.67. The number of nitrogens with one attached hydrogen (secondary N) is 2. The number of hydrogen-bond acceptors (Lipinski definition) is 4. The van der Waals surface area contributed by atoms with Gasteiger partial charge in [0.25, 0.3) is 0 Å². The Bertz CT molecular complexity index is 392. The third kappa shape index (κ3) is 2.32. The van der Waals surface area contributed by atoms with Crippen LogP contribution in [-0.2, 0) is 0 Å². The summed E-state index contributed by atoms with van der Waals surface area (Å²) in [6.45, 7) is 0. The number of carbonyl (C=O) groups is 1. The molecule has 0 unspecified atom stereocenters. The summed E-state index contributed by atoms with van der Waals surface area (Å²) in [5.74, 6) is 0.808. The molecule has 92 valence electrons. The monoisotopic (exact) mass is 236 g/mol. The predicted octanol–water partition coefficient (Wildman–Crippen LogP) is 0.700. The first-order valence-corrected chi connectivity index (χ1v) is 5.29. The molecule has 1 heterocycles. The maximum absolute atomic E-state index is 11.5. The molecule has 6 heteroatoms. The first-order valence-electron chi connectivity index (χ1n) is 5.29. The van der Waals surface area contributed by atoms with E-state index in [4.69, 9.17) is 4.74 Å². The number of hydrogen-bond donors (Lipinski definition) is 2. The molecule has 1 aliphatic heterocycles. The maximum Gasteiger partial charge on any atom is 0.348 e. The zero-order valence-corrected chi connectivity index (χ0v) is 10.1. The smallest absolute Gasteiger partial charge is 0.348 e. The summed E-state index contributed by atoms with van der Waals surface area (Å²) < 4.78 is 5.10. The number of carbonyl (C=O) groups excluding carboxylic acids is 1. The quantitative estimate of drug-likeness (QED) is 0.793. The van der Waals surface area contributed by atoms with E-state index in [9.17, 15) is 4.79 Å². The van der Waals surface area contributed by atoms with Crippen LogP contribution < -0.4 is 15.6 Å². The Balaban J connectivity index is 2.14. The number of nitrogens with zero attached hydrogens (tertiary/aromatic N) is 2. The van der Waals surface area contributed by atoms with Crippen molar-refractivity contribution in [2.24, 2.45) is 0 Å². The second-order valence-corrected chi connectivity index (χ2v) is 3.86. The number of benzene rings is 1. The third-order valence-electron chi connectivity index (χ3n) is 2.67. The summed E-state index contributed by atoms with van der Waals surface area (Å²) in [5, 5.41) is 2.90. The van der Waals surface area contributed by atoms with Crippen LogP contribution in [0.1, 0.15) is 11.7 Å². The molecule has 1 fully saturated rings. The SMILES string of the molecule is COc1ccc(C2NN(C)C(=O)N(C)N2)cc1. The highest BCUT2D eigenvalue weighted by molar-refractivity contribution is 5.73. The molecule has 0 spiro atoms. The van der Waals surface area contributed by atoms with Crippen LogP contribution in [0.5, 0.6) is 5.75 Å². The molecule has 0 saturated carbocycles. The minimum atomic E-state index is -0.131. The van der Waals surface area contributed by atoms with Gasteiger partial charge in [0, 0.05) is 14.1 Å². The van der Waals surface area contributed by atoms with Gasteiger partial charge in [-0.2, -0.15) is 0 Å². The van der Waals surface area contributed by atoms with E-state index >= 15 is 0 Å². The molecule has 0 aromatic heterocycles. The van der Waals surface area contributed by atoms with Gasteiger partial charge in [-0.05, 0) is 17.7 Å². The second-order valence-electron chi connectivity index (χ2n) is 3.86. The Morgan fingerprint density at radius 2 is 1.65 bits per heavy atom. The zero-order chi connectivity index (χ0) is 12.4. The zero-order valence-electron chi connectivity index (χ0n) is 10.1. The van der Waals surface area contributed by atoms with Crippen molar-refractivity contribution in [1.29, 1.82) is 0 Å². The molecule has 1 aliphatic rings. The number of hydrazine groups is 2. The van der Waals surface area contributed by atoms with E-state index in [0.717, 1.165) is 11.3 Å². The van der Waals surface area contributed by atoms with Gasteiger partial charge in [0.1, 0.15) is 11.9 Å². The topological polar surface area (TPSA) is 56.8 Å². The van der Waals surface area contributed by atoms with E-state index in [1.54, 1.807) is 21.2 Å². The highest BCUT2D eigenvalue weighted by atomic mass is 16.5. The molecule has 2 rings (SSSR count). The fourth-order valence-corrected chi connectivity index (χ4v) is 1.70. The summed E-state index contributed by atoms with van der Waals surface area (Å²) in [4.78, 5) is 11.5. The van der Waals surface area contributed by atoms with Gasteiger partial charge in [-0.1, -0.05) is 12.1 Å². The van der Waals surface area contributed by atoms with Gasteiger partial charge < -0.3 is 4.74 Å². The van der Waals surface area contributed by atoms with Crippen LogP contribution in [0, 0.1) is 0 Å². The Morgan fingerprint density at radius 1 is 1.12 bits per heavy atom. The minimum Gasteiger partial charge on any atom is -0.497 e. The number of methoxy groups -OCH3 is 1. The highest BCUT2D eigenvalue weighted by Crippen LogP contribution is 2.18. The molecule has 1 aromatic rings. The molecule has 0 aliphatic carbocycles. The van der Waals surface area contributed by atoms with E-state index in [0.29, 0.717) is 0 Å². The summed E-state index contributed by atoms with van der Waals surface area (Å²) in [6.07, 6.45) is -0.131. The maximum atomic E-state index is 11.5. The molecule has 6 nitrogen and oxygen atoms in total. The minimum absolute atomic E-state index is 0.130. The average molecular weight is 236 g/mol. The Kier molecular flexibility index (Phi) is 3.16. The molecule has 0 atom stereocenters. The van der Waals surface area contributed by atoms with Crippen molar-refractivity contribution in [2.45, 2.75) is 6.17 Å². The molecular weight excluding hydrogens is 220 g/mol. The van der Waals surface area contributed by atoms with Crippen molar-refractivity contribution >= 4 is 6.03 Å². The second kappa shape index (κ2) is 4.60. The van der Waals surface area contributed by atoms with Gasteiger partial charge in [-0.15, -0.1) is 0 Å². The summed E-state index contributed by atoms with van der Waals surface area (Å²) >= 11 is 0. The molecule has 0 bridgehead atoms.